The van der Waals surface area contributed by atoms with E-state index in [2.05, 4.69) is 26.3 Å². The van der Waals surface area contributed by atoms with Crippen molar-refractivity contribution in [2.45, 2.75) is 22.8 Å². The first-order valence-electron chi connectivity index (χ1n) is 13.3. The molecule has 0 aliphatic carbocycles. The number of carbonyl (C=O) groups is 1. The first-order chi connectivity index (χ1) is 19.6. The number of aromatic amines is 1. The first-order valence-corrected chi connectivity index (χ1v) is 14.1. The van der Waals surface area contributed by atoms with E-state index in [0.29, 0.717) is 26.2 Å². The molecule has 2 saturated heterocycles. The van der Waals surface area contributed by atoms with Gasteiger partial charge in [0.25, 0.3) is 0 Å². The molecule has 5 heterocycles. The fraction of sp³-hybridized carbons (Fsp3) is 0.233. The summed E-state index contributed by atoms with van der Waals surface area (Å²) in [6.45, 7) is 4.15. The molecule has 202 valence electrons. The maximum absolute atomic E-state index is 12.6. The highest BCUT2D eigenvalue weighted by Crippen LogP contribution is 2.51. The van der Waals surface area contributed by atoms with Crippen LogP contribution < -0.4 is 25.4 Å². The van der Waals surface area contributed by atoms with Gasteiger partial charge in [0.05, 0.1) is 40.6 Å². The number of anilines is 3. The quantitative estimate of drug-likeness (QED) is 0.287. The number of aromatic nitrogens is 2. The highest BCUT2D eigenvalue weighted by molar-refractivity contribution is 7.99. The molecule has 2 aromatic heterocycles. The summed E-state index contributed by atoms with van der Waals surface area (Å²) in [6, 6.07) is 17.7. The van der Waals surface area contributed by atoms with Crippen molar-refractivity contribution in [3.8, 4) is 22.8 Å². The zero-order valence-corrected chi connectivity index (χ0v) is 22.5. The molecular weight excluding hydrogens is 526 g/mol. The number of carbonyl (C=O) groups excluding carboxylic acids is 1. The second kappa shape index (κ2) is 10.4. The van der Waals surface area contributed by atoms with Crippen molar-refractivity contribution in [3.63, 3.8) is 0 Å². The molecule has 2 aromatic carbocycles. The van der Waals surface area contributed by atoms with Crippen molar-refractivity contribution in [1.82, 2.24) is 9.97 Å². The summed E-state index contributed by atoms with van der Waals surface area (Å²) in [7, 11) is 0. The minimum absolute atomic E-state index is 0.137. The predicted molar refractivity (Wildman–Crippen MR) is 155 cm³/mol. The Bertz CT molecular complexity index is 1670. The molecule has 0 atom stereocenters. The van der Waals surface area contributed by atoms with E-state index in [1.165, 1.54) is 0 Å². The minimum atomic E-state index is -0.145. The molecule has 40 heavy (non-hydrogen) atoms. The molecule has 2 fully saturated rings. The van der Waals surface area contributed by atoms with Gasteiger partial charge in [-0.25, -0.2) is 0 Å². The Hall–Kier alpha value is -4.28. The Labute approximate surface area is 235 Å². The van der Waals surface area contributed by atoms with Crippen molar-refractivity contribution in [2.75, 3.05) is 48.0 Å². The number of ether oxygens (including phenoxy) is 2. The third-order valence-corrected chi connectivity index (χ3v) is 8.37. The van der Waals surface area contributed by atoms with Crippen molar-refractivity contribution < 1.29 is 14.3 Å². The second-order valence-electron chi connectivity index (χ2n) is 9.91. The smallest absolute Gasteiger partial charge is 0.250 e. The SMILES string of the molecule is O=C1CCN1c1cncc(CNc2ccc3c(c2)Sc2cccc(-c4cc(N5CCOCC5)cc(=O)[nH]4)c2O3)c1. The maximum atomic E-state index is 12.6. The normalized spacial score (nSPS) is 16.1. The van der Waals surface area contributed by atoms with Crippen molar-refractivity contribution >= 4 is 34.7 Å². The monoisotopic (exact) mass is 553 g/mol. The Morgan fingerprint density at radius 3 is 2.67 bits per heavy atom. The standard InChI is InChI=1S/C30H27N5O4S/c36-28-15-21(34-8-10-38-11-9-34)14-24(33-28)23-2-1-3-26-30(23)39-25-5-4-20(13-27(25)40-26)32-17-19-12-22(18-31-16-19)35-7-6-29(35)37/h1-5,12-16,18,32H,6-11,17H2,(H,33,36). The van der Waals surface area contributed by atoms with Gasteiger partial charge in [0, 0.05) is 61.8 Å². The van der Waals surface area contributed by atoms with Gasteiger partial charge >= 0.3 is 0 Å². The molecular formula is C30H27N5O4S. The van der Waals surface area contributed by atoms with E-state index in [0.717, 1.165) is 74.8 Å². The third kappa shape index (κ3) is 4.80. The lowest BCUT2D eigenvalue weighted by atomic mass is 10.1. The zero-order chi connectivity index (χ0) is 27.1. The summed E-state index contributed by atoms with van der Waals surface area (Å²) in [5.41, 5.74) is 5.12. The molecule has 3 aliphatic rings. The number of hydrogen-bond acceptors (Lipinski definition) is 8. The summed E-state index contributed by atoms with van der Waals surface area (Å²) in [5, 5.41) is 3.46. The van der Waals surface area contributed by atoms with Gasteiger partial charge in [-0.3, -0.25) is 14.6 Å². The van der Waals surface area contributed by atoms with Crippen LogP contribution in [-0.2, 0) is 16.1 Å². The summed E-state index contributed by atoms with van der Waals surface area (Å²) < 4.78 is 11.9. The molecule has 1 amide bonds. The van der Waals surface area contributed by atoms with E-state index in [9.17, 15) is 9.59 Å². The van der Waals surface area contributed by atoms with Gasteiger partial charge in [-0.05, 0) is 48.0 Å². The van der Waals surface area contributed by atoms with Crippen molar-refractivity contribution in [1.29, 1.82) is 0 Å². The number of benzene rings is 2. The van der Waals surface area contributed by atoms with Gasteiger partial charge in [-0.2, -0.15) is 0 Å². The number of morpholine rings is 1. The molecule has 2 N–H and O–H groups in total. The lowest BCUT2D eigenvalue weighted by Gasteiger charge is -2.30. The van der Waals surface area contributed by atoms with E-state index in [1.54, 1.807) is 28.9 Å². The van der Waals surface area contributed by atoms with Crippen LogP contribution in [-0.4, -0.2) is 48.7 Å². The highest BCUT2D eigenvalue weighted by atomic mass is 32.2. The molecule has 4 aromatic rings. The average Bonchev–Trinajstić information content (AvgIpc) is 2.98. The van der Waals surface area contributed by atoms with Gasteiger partial charge in [0.1, 0.15) is 5.75 Å². The number of β-lactam (4-membered cyclic amide) rings is 1. The number of nitrogens with one attached hydrogen (secondary N) is 2. The molecule has 0 radical (unpaired) electrons. The summed E-state index contributed by atoms with van der Waals surface area (Å²) in [5.74, 6) is 1.64. The van der Waals surface area contributed by atoms with Crippen LogP contribution in [0.1, 0.15) is 12.0 Å². The minimum Gasteiger partial charge on any atom is -0.454 e. The molecule has 0 spiro atoms. The van der Waals surface area contributed by atoms with Crippen LogP contribution in [0.25, 0.3) is 11.3 Å². The van der Waals surface area contributed by atoms with E-state index in [1.807, 2.05) is 48.7 Å². The Kier molecular flexibility index (Phi) is 6.41. The number of fused-ring (bicyclic) bond motifs is 2. The van der Waals surface area contributed by atoms with E-state index in [-0.39, 0.29) is 11.5 Å². The van der Waals surface area contributed by atoms with Crippen LogP contribution in [0.4, 0.5) is 17.1 Å². The molecule has 10 heteroatoms. The molecule has 0 bridgehead atoms. The van der Waals surface area contributed by atoms with Gasteiger partial charge in [-0.1, -0.05) is 17.8 Å². The van der Waals surface area contributed by atoms with E-state index in [4.69, 9.17) is 9.47 Å². The van der Waals surface area contributed by atoms with Crippen LogP contribution in [0.5, 0.6) is 11.5 Å². The van der Waals surface area contributed by atoms with E-state index < -0.39 is 0 Å². The number of pyridine rings is 2. The molecule has 7 rings (SSSR count). The Balaban J connectivity index is 1.10. The fourth-order valence-electron chi connectivity index (χ4n) is 5.11. The number of hydrogen-bond donors (Lipinski definition) is 2. The largest absolute Gasteiger partial charge is 0.454 e. The van der Waals surface area contributed by atoms with Gasteiger partial charge in [0.15, 0.2) is 5.75 Å². The number of H-pyrrole nitrogens is 1. The van der Waals surface area contributed by atoms with Crippen molar-refractivity contribution in [2.24, 2.45) is 0 Å². The number of para-hydroxylation sites is 1. The van der Waals surface area contributed by atoms with Crippen LogP contribution in [0.15, 0.2) is 81.6 Å². The van der Waals surface area contributed by atoms with Crippen LogP contribution in [0.3, 0.4) is 0 Å². The van der Waals surface area contributed by atoms with Crippen LogP contribution in [0.2, 0.25) is 0 Å². The molecule has 0 unspecified atom stereocenters. The average molecular weight is 554 g/mol. The van der Waals surface area contributed by atoms with Gasteiger partial charge in [-0.15, -0.1) is 0 Å². The summed E-state index contributed by atoms with van der Waals surface area (Å²) in [4.78, 5) is 37.6. The predicted octanol–water partition coefficient (Wildman–Crippen LogP) is 4.88. The van der Waals surface area contributed by atoms with Gasteiger partial charge < -0.3 is 29.6 Å². The maximum Gasteiger partial charge on any atom is 0.250 e. The lowest BCUT2D eigenvalue weighted by molar-refractivity contribution is -0.122. The Morgan fingerprint density at radius 1 is 0.950 bits per heavy atom. The van der Waals surface area contributed by atoms with E-state index >= 15 is 0 Å². The zero-order valence-electron chi connectivity index (χ0n) is 21.7. The highest BCUT2D eigenvalue weighted by Gasteiger charge is 2.26. The number of amides is 1. The lowest BCUT2D eigenvalue weighted by Crippen LogP contribution is -2.43. The van der Waals surface area contributed by atoms with Crippen LogP contribution in [0, 0.1) is 0 Å². The second-order valence-corrected chi connectivity index (χ2v) is 11.0. The molecule has 0 saturated carbocycles. The van der Waals surface area contributed by atoms with Crippen LogP contribution >= 0.6 is 11.8 Å². The van der Waals surface area contributed by atoms with Crippen molar-refractivity contribution in [3.05, 3.63) is 82.9 Å². The molecule has 9 nitrogen and oxygen atoms in total. The fourth-order valence-corrected chi connectivity index (χ4v) is 6.14. The molecule has 3 aliphatic heterocycles. The summed E-state index contributed by atoms with van der Waals surface area (Å²) in [6.07, 6.45) is 4.14. The Morgan fingerprint density at radius 2 is 1.85 bits per heavy atom. The number of nitrogens with zero attached hydrogens (tertiary/aromatic N) is 3. The summed E-state index contributed by atoms with van der Waals surface area (Å²) >= 11 is 1.64. The van der Waals surface area contributed by atoms with Gasteiger partial charge in [0.2, 0.25) is 11.5 Å². The first kappa shape index (κ1) is 24.7. The number of rotatable bonds is 6. The topological polar surface area (TPSA) is 99.8 Å². The third-order valence-electron chi connectivity index (χ3n) is 7.29.